The molecule has 0 aliphatic heterocycles. The van der Waals surface area contributed by atoms with Crippen LogP contribution in [0, 0.1) is 5.92 Å². The van der Waals surface area contributed by atoms with Gasteiger partial charge in [0.1, 0.15) is 0 Å². The molecular formula is C20H29N3O3. The van der Waals surface area contributed by atoms with E-state index in [1.54, 1.807) is 24.9 Å². The van der Waals surface area contributed by atoms with Gasteiger partial charge in [-0.05, 0) is 24.8 Å². The minimum atomic E-state index is -0.226. The van der Waals surface area contributed by atoms with Crippen molar-refractivity contribution >= 4 is 18.2 Å². The Bertz CT molecular complexity index is 626. The van der Waals surface area contributed by atoms with E-state index in [4.69, 9.17) is 0 Å². The third-order valence-corrected chi connectivity index (χ3v) is 4.18. The second-order valence-corrected chi connectivity index (χ2v) is 6.58. The highest BCUT2D eigenvalue weighted by atomic mass is 16.2. The molecule has 3 amide bonds. The molecule has 0 aliphatic rings. The highest BCUT2D eigenvalue weighted by molar-refractivity contribution is 5.93. The van der Waals surface area contributed by atoms with Crippen molar-refractivity contribution in [3.8, 4) is 0 Å². The van der Waals surface area contributed by atoms with Crippen LogP contribution in [-0.4, -0.2) is 49.3 Å². The molecular weight excluding hydrogens is 330 g/mol. The van der Waals surface area contributed by atoms with Crippen molar-refractivity contribution in [2.45, 2.75) is 33.2 Å². The largest absolute Gasteiger partial charge is 0.352 e. The predicted octanol–water partition coefficient (Wildman–Crippen LogP) is 1.52. The van der Waals surface area contributed by atoms with Crippen molar-refractivity contribution in [2.75, 3.05) is 20.1 Å². The average Bonchev–Trinajstić information content (AvgIpc) is 2.63. The molecule has 0 aromatic heterocycles. The quantitative estimate of drug-likeness (QED) is 0.491. The molecule has 1 atom stereocenters. The SMILES string of the molecule is C/C(=C\C(C(C)C)N(C)C(=O)CNC=O)C(=O)NCCc1ccccc1. The van der Waals surface area contributed by atoms with Crippen molar-refractivity contribution in [1.82, 2.24) is 15.5 Å². The Morgan fingerprint density at radius 2 is 1.85 bits per heavy atom. The van der Waals surface area contributed by atoms with E-state index >= 15 is 0 Å². The minimum Gasteiger partial charge on any atom is -0.352 e. The molecule has 6 nitrogen and oxygen atoms in total. The van der Waals surface area contributed by atoms with Crippen molar-refractivity contribution < 1.29 is 14.4 Å². The van der Waals surface area contributed by atoms with E-state index in [0.29, 0.717) is 18.5 Å². The summed E-state index contributed by atoms with van der Waals surface area (Å²) in [4.78, 5) is 36.3. The number of likely N-dealkylation sites (N-methyl/N-ethyl adjacent to an activating group) is 1. The monoisotopic (exact) mass is 359 g/mol. The molecule has 1 rings (SSSR count). The molecule has 2 N–H and O–H groups in total. The van der Waals surface area contributed by atoms with Gasteiger partial charge < -0.3 is 15.5 Å². The number of rotatable bonds is 10. The van der Waals surface area contributed by atoms with Gasteiger partial charge in [0.2, 0.25) is 18.2 Å². The van der Waals surface area contributed by atoms with Crippen LogP contribution in [0.3, 0.4) is 0 Å². The number of amides is 3. The first-order chi connectivity index (χ1) is 12.4. The summed E-state index contributed by atoms with van der Waals surface area (Å²) in [5, 5.41) is 5.28. The topological polar surface area (TPSA) is 78.5 Å². The third kappa shape index (κ3) is 7.09. The molecule has 0 aliphatic carbocycles. The summed E-state index contributed by atoms with van der Waals surface area (Å²) in [5.41, 5.74) is 1.74. The first kappa shape index (κ1) is 21.4. The van der Waals surface area contributed by atoms with E-state index in [9.17, 15) is 14.4 Å². The highest BCUT2D eigenvalue weighted by Gasteiger charge is 2.22. The highest BCUT2D eigenvalue weighted by Crippen LogP contribution is 2.13. The Balaban J connectivity index is 2.65. The van der Waals surface area contributed by atoms with E-state index in [0.717, 1.165) is 6.42 Å². The van der Waals surface area contributed by atoms with Gasteiger partial charge in [-0.2, -0.15) is 0 Å². The van der Waals surface area contributed by atoms with Crippen LogP contribution in [0.4, 0.5) is 0 Å². The molecule has 0 heterocycles. The van der Waals surface area contributed by atoms with E-state index in [-0.39, 0.29) is 30.3 Å². The zero-order chi connectivity index (χ0) is 19.5. The van der Waals surface area contributed by atoms with E-state index < -0.39 is 0 Å². The van der Waals surface area contributed by atoms with Gasteiger partial charge in [-0.3, -0.25) is 14.4 Å². The van der Waals surface area contributed by atoms with Gasteiger partial charge in [0, 0.05) is 19.2 Å². The number of carbonyl (C=O) groups excluding carboxylic acids is 3. The second kappa shape index (κ2) is 11.1. The van der Waals surface area contributed by atoms with Gasteiger partial charge >= 0.3 is 0 Å². The first-order valence-corrected chi connectivity index (χ1v) is 8.80. The smallest absolute Gasteiger partial charge is 0.246 e. The summed E-state index contributed by atoms with van der Waals surface area (Å²) in [6.07, 6.45) is 3.07. The molecule has 142 valence electrons. The number of hydrogen-bond acceptors (Lipinski definition) is 3. The zero-order valence-electron chi connectivity index (χ0n) is 16.0. The summed E-state index contributed by atoms with van der Waals surface area (Å²) >= 11 is 0. The number of hydrogen-bond donors (Lipinski definition) is 2. The lowest BCUT2D eigenvalue weighted by atomic mass is 9.99. The molecule has 26 heavy (non-hydrogen) atoms. The van der Waals surface area contributed by atoms with Crippen LogP contribution in [0.1, 0.15) is 26.3 Å². The van der Waals surface area contributed by atoms with Crippen LogP contribution in [0.2, 0.25) is 0 Å². The fourth-order valence-corrected chi connectivity index (χ4v) is 2.61. The molecule has 0 saturated heterocycles. The molecule has 0 radical (unpaired) electrons. The molecule has 0 bridgehead atoms. The van der Waals surface area contributed by atoms with Crippen LogP contribution in [-0.2, 0) is 20.8 Å². The Hall–Kier alpha value is -2.63. The van der Waals surface area contributed by atoms with Crippen LogP contribution in [0.5, 0.6) is 0 Å². The maximum absolute atomic E-state index is 12.3. The number of carbonyl (C=O) groups is 3. The molecule has 1 aromatic carbocycles. The van der Waals surface area contributed by atoms with Crippen LogP contribution in [0.25, 0.3) is 0 Å². The zero-order valence-corrected chi connectivity index (χ0v) is 16.0. The van der Waals surface area contributed by atoms with Crippen molar-refractivity contribution in [1.29, 1.82) is 0 Å². The minimum absolute atomic E-state index is 0.0562. The predicted molar refractivity (Wildman–Crippen MR) is 102 cm³/mol. The van der Waals surface area contributed by atoms with Gasteiger partial charge in [0.05, 0.1) is 12.6 Å². The number of nitrogens with zero attached hydrogens (tertiary/aromatic N) is 1. The van der Waals surface area contributed by atoms with Gasteiger partial charge in [-0.25, -0.2) is 0 Å². The molecule has 6 heteroatoms. The van der Waals surface area contributed by atoms with Crippen molar-refractivity contribution in [3.63, 3.8) is 0 Å². The molecule has 0 fully saturated rings. The summed E-state index contributed by atoms with van der Waals surface area (Å²) in [5.74, 6) is -0.213. The summed E-state index contributed by atoms with van der Waals surface area (Å²) in [6, 6.07) is 9.73. The van der Waals surface area contributed by atoms with E-state index in [2.05, 4.69) is 10.6 Å². The maximum Gasteiger partial charge on any atom is 0.246 e. The van der Waals surface area contributed by atoms with Crippen LogP contribution in [0.15, 0.2) is 42.0 Å². The lowest BCUT2D eigenvalue weighted by Gasteiger charge is -2.29. The van der Waals surface area contributed by atoms with Gasteiger partial charge in [-0.1, -0.05) is 50.3 Å². The Kier molecular flexibility index (Phi) is 9.12. The Morgan fingerprint density at radius 1 is 1.19 bits per heavy atom. The fraction of sp³-hybridized carbons (Fsp3) is 0.450. The first-order valence-electron chi connectivity index (χ1n) is 8.80. The average molecular weight is 359 g/mol. The summed E-state index contributed by atoms with van der Waals surface area (Å²) < 4.78 is 0. The number of nitrogens with one attached hydrogen (secondary N) is 2. The lowest BCUT2D eigenvalue weighted by Crippen LogP contribution is -2.43. The van der Waals surface area contributed by atoms with E-state index in [1.807, 2.05) is 44.2 Å². The maximum atomic E-state index is 12.3. The molecule has 1 aromatic rings. The second-order valence-electron chi connectivity index (χ2n) is 6.58. The standard InChI is InChI=1S/C20H29N3O3/c1-15(2)18(23(4)19(25)13-21-14-24)12-16(3)20(26)22-11-10-17-8-6-5-7-9-17/h5-9,12,14-15,18H,10-11,13H2,1-4H3,(H,21,24)(H,22,26)/b16-12+. The number of benzene rings is 1. The molecule has 1 unspecified atom stereocenters. The van der Waals surface area contributed by atoms with Gasteiger partial charge in [0.25, 0.3) is 0 Å². The lowest BCUT2D eigenvalue weighted by molar-refractivity contribution is -0.132. The third-order valence-electron chi connectivity index (χ3n) is 4.18. The van der Waals surface area contributed by atoms with Crippen LogP contribution < -0.4 is 10.6 Å². The fourth-order valence-electron chi connectivity index (χ4n) is 2.61. The van der Waals surface area contributed by atoms with Crippen molar-refractivity contribution in [2.24, 2.45) is 5.92 Å². The Morgan fingerprint density at radius 3 is 2.42 bits per heavy atom. The molecule has 0 spiro atoms. The van der Waals surface area contributed by atoms with E-state index in [1.165, 1.54) is 5.56 Å². The normalized spacial score (nSPS) is 12.4. The van der Waals surface area contributed by atoms with Crippen LogP contribution >= 0.6 is 0 Å². The Labute approximate surface area is 155 Å². The molecule has 0 saturated carbocycles. The summed E-state index contributed by atoms with van der Waals surface area (Å²) in [6.45, 7) is 6.21. The van der Waals surface area contributed by atoms with Gasteiger partial charge in [-0.15, -0.1) is 0 Å². The van der Waals surface area contributed by atoms with Crippen molar-refractivity contribution in [3.05, 3.63) is 47.5 Å². The van der Waals surface area contributed by atoms with Gasteiger partial charge in [0.15, 0.2) is 0 Å². The summed E-state index contributed by atoms with van der Waals surface area (Å²) in [7, 11) is 1.68.